The molecule has 0 aliphatic carbocycles. The van der Waals surface area contributed by atoms with E-state index in [4.69, 9.17) is 11.6 Å². The van der Waals surface area contributed by atoms with Crippen LogP contribution in [0.5, 0.6) is 0 Å². The van der Waals surface area contributed by atoms with Crippen LogP contribution in [0.25, 0.3) is 5.65 Å². The molecule has 0 saturated carbocycles. The first-order valence-corrected chi connectivity index (χ1v) is 4.92. The molecule has 2 aromatic rings. The van der Waals surface area contributed by atoms with Crippen molar-refractivity contribution in [3.05, 3.63) is 28.7 Å². The molecule has 0 bridgehead atoms. The van der Waals surface area contributed by atoms with E-state index in [2.05, 4.69) is 10.1 Å². The van der Waals surface area contributed by atoms with E-state index in [1.165, 1.54) is 6.07 Å². The molecule has 0 fully saturated rings. The van der Waals surface area contributed by atoms with Gasteiger partial charge in [0.1, 0.15) is 5.15 Å². The van der Waals surface area contributed by atoms with Gasteiger partial charge in [0.2, 0.25) is 0 Å². The van der Waals surface area contributed by atoms with Crippen LogP contribution >= 0.6 is 11.6 Å². The monoisotopic (exact) mass is 249 g/mol. The van der Waals surface area contributed by atoms with E-state index in [1.54, 1.807) is 0 Å². The molecule has 3 nitrogen and oxygen atoms in total. The van der Waals surface area contributed by atoms with Gasteiger partial charge in [-0.15, -0.1) is 5.10 Å². The maximum atomic E-state index is 12.5. The highest BCUT2D eigenvalue weighted by atomic mass is 35.5. The van der Waals surface area contributed by atoms with Gasteiger partial charge in [0.25, 0.3) is 0 Å². The van der Waals surface area contributed by atoms with Crippen molar-refractivity contribution in [2.45, 2.75) is 19.5 Å². The summed E-state index contributed by atoms with van der Waals surface area (Å²) in [6.45, 7) is 1.81. The zero-order valence-corrected chi connectivity index (χ0v) is 8.97. The number of aromatic nitrogens is 3. The Kier molecular flexibility index (Phi) is 2.53. The Morgan fingerprint density at radius 2 is 2.06 bits per heavy atom. The summed E-state index contributed by atoms with van der Waals surface area (Å²) in [6, 6.07) is 2.16. The minimum Gasteiger partial charge on any atom is -0.212 e. The van der Waals surface area contributed by atoms with Crippen LogP contribution in [0.3, 0.4) is 0 Å². The van der Waals surface area contributed by atoms with E-state index in [0.717, 1.165) is 10.6 Å². The van der Waals surface area contributed by atoms with Crippen LogP contribution in [-0.2, 0) is 12.6 Å². The number of hydrogen-bond donors (Lipinski definition) is 0. The second-order valence-electron chi connectivity index (χ2n) is 3.19. The highest BCUT2D eigenvalue weighted by molar-refractivity contribution is 6.30. The largest absolute Gasteiger partial charge is 0.419 e. The Morgan fingerprint density at radius 1 is 1.38 bits per heavy atom. The number of aryl methyl sites for hydroxylation is 1. The first kappa shape index (κ1) is 11.2. The third kappa shape index (κ3) is 1.73. The van der Waals surface area contributed by atoms with Crippen molar-refractivity contribution in [2.75, 3.05) is 0 Å². The Hall–Kier alpha value is -1.30. The van der Waals surface area contributed by atoms with Crippen molar-refractivity contribution in [1.29, 1.82) is 0 Å². The zero-order chi connectivity index (χ0) is 11.9. The first-order valence-electron chi connectivity index (χ1n) is 4.55. The second kappa shape index (κ2) is 3.62. The highest BCUT2D eigenvalue weighted by Crippen LogP contribution is 2.34. The fourth-order valence-corrected chi connectivity index (χ4v) is 1.62. The maximum Gasteiger partial charge on any atom is 0.419 e. The minimum atomic E-state index is -4.48. The Labute approximate surface area is 93.9 Å². The normalized spacial score (nSPS) is 12.3. The van der Waals surface area contributed by atoms with Gasteiger partial charge < -0.3 is 0 Å². The van der Waals surface area contributed by atoms with Crippen LogP contribution in [0.2, 0.25) is 5.15 Å². The molecule has 86 valence electrons. The zero-order valence-electron chi connectivity index (χ0n) is 8.22. The molecule has 16 heavy (non-hydrogen) atoms. The summed E-state index contributed by atoms with van der Waals surface area (Å²) >= 11 is 5.64. The van der Waals surface area contributed by atoms with Gasteiger partial charge in [0.05, 0.1) is 5.56 Å². The molecule has 0 spiro atoms. The van der Waals surface area contributed by atoms with Gasteiger partial charge in [-0.2, -0.15) is 13.2 Å². The van der Waals surface area contributed by atoms with E-state index >= 15 is 0 Å². The Balaban J connectivity index is 2.69. The lowest BCUT2D eigenvalue weighted by atomic mass is 10.3. The van der Waals surface area contributed by atoms with Crippen LogP contribution in [0.4, 0.5) is 13.2 Å². The fourth-order valence-electron chi connectivity index (χ4n) is 1.32. The molecule has 2 aromatic heterocycles. The van der Waals surface area contributed by atoms with Gasteiger partial charge in [-0.25, -0.2) is 9.50 Å². The predicted molar refractivity (Wildman–Crippen MR) is 52.4 cm³/mol. The van der Waals surface area contributed by atoms with Crippen LogP contribution in [-0.4, -0.2) is 14.6 Å². The second-order valence-corrected chi connectivity index (χ2v) is 3.55. The summed E-state index contributed by atoms with van der Waals surface area (Å²) in [7, 11) is 0. The molecule has 0 aliphatic rings. The number of fused-ring (bicyclic) bond motifs is 1. The molecule has 0 unspecified atom stereocenters. The van der Waals surface area contributed by atoms with Crippen LogP contribution < -0.4 is 0 Å². The van der Waals surface area contributed by atoms with Crippen molar-refractivity contribution in [3.8, 4) is 0 Å². The summed E-state index contributed by atoms with van der Waals surface area (Å²) in [5.74, 6) is 0.459. The number of rotatable bonds is 1. The summed E-state index contributed by atoms with van der Waals surface area (Å²) in [5.41, 5.74) is -0.593. The quantitative estimate of drug-likeness (QED) is 0.728. The van der Waals surface area contributed by atoms with E-state index in [-0.39, 0.29) is 0 Å². The molecule has 0 N–H and O–H groups in total. The standard InChI is InChI=1S/C9H7ClF3N3/c1-2-6-14-7-4-3-5(9(11,12)13)8(10)16(7)15-6/h3-4H,2H2,1H3. The molecule has 0 saturated heterocycles. The van der Waals surface area contributed by atoms with Crippen molar-refractivity contribution >= 4 is 17.2 Å². The van der Waals surface area contributed by atoms with E-state index in [0.29, 0.717) is 17.9 Å². The molecule has 0 aliphatic heterocycles. The lowest BCUT2D eigenvalue weighted by molar-refractivity contribution is -0.137. The Bertz CT molecular complexity index is 533. The summed E-state index contributed by atoms with van der Waals surface area (Å²) in [6.07, 6.45) is -3.94. The van der Waals surface area contributed by atoms with Gasteiger partial charge in [-0.3, -0.25) is 0 Å². The third-order valence-electron chi connectivity index (χ3n) is 2.10. The Morgan fingerprint density at radius 3 is 2.62 bits per heavy atom. The molecule has 2 heterocycles. The molecule has 7 heteroatoms. The van der Waals surface area contributed by atoms with Crippen molar-refractivity contribution in [1.82, 2.24) is 14.6 Å². The molecule has 0 aromatic carbocycles. The topological polar surface area (TPSA) is 30.2 Å². The molecular weight excluding hydrogens is 243 g/mol. The molecular formula is C9H7ClF3N3. The molecule has 0 radical (unpaired) electrons. The highest BCUT2D eigenvalue weighted by Gasteiger charge is 2.34. The lowest BCUT2D eigenvalue weighted by Gasteiger charge is -2.08. The van der Waals surface area contributed by atoms with Gasteiger partial charge in [0.15, 0.2) is 11.5 Å². The van der Waals surface area contributed by atoms with Crippen LogP contribution in [0.15, 0.2) is 12.1 Å². The molecule has 0 amide bonds. The number of halogens is 4. The SMILES string of the molecule is CCc1nc2ccc(C(F)(F)F)c(Cl)n2n1. The fraction of sp³-hybridized carbons (Fsp3) is 0.333. The molecule has 0 atom stereocenters. The van der Waals surface area contributed by atoms with E-state index in [9.17, 15) is 13.2 Å². The maximum absolute atomic E-state index is 12.5. The van der Waals surface area contributed by atoms with E-state index in [1.807, 2.05) is 6.92 Å². The van der Waals surface area contributed by atoms with Crippen molar-refractivity contribution in [2.24, 2.45) is 0 Å². The van der Waals surface area contributed by atoms with E-state index < -0.39 is 16.9 Å². The summed E-state index contributed by atoms with van der Waals surface area (Å²) in [4.78, 5) is 4.02. The smallest absolute Gasteiger partial charge is 0.212 e. The number of alkyl halides is 3. The van der Waals surface area contributed by atoms with Crippen molar-refractivity contribution in [3.63, 3.8) is 0 Å². The third-order valence-corrected chi connectivity index (χ3v) is 2.47. The van der Waals surface area contributed by atoms with Crippen molar-refractivity contribution < 1.29 is 13.2 Å². The van der Waals surface area contributed by atoms with Crippen LogP contribution in [0, 0.1) is 0 Å². The number of pyridine rings is 1. The summed E-state index contributed by atoms with van der Waals surface area (Å²) in [5, 5.41) is 3.42. The van der Waals surface area contributed by atoms with Gasteiger partial charge in [-0.1, -0.05) is 18.5 Å². The summed E-state index contributed by atoms with van der Waals surface area (Å²) < 4.78 is 38.6. The average molecular weight is 250 g/mol. The van der Waals surface area contributed by atoms with Gasteiger partial charge in [-0.05, 0) is 12.1 Å². The number of hydrogen-bond acceptors (Lipinski definition) is 2. The minimum absolute atomic E-state index is 0.315. The first-order chi connectivity index (χ1) is 7.43. The molecule has 2 rings (SSSR count). The average Bonchev–Trinajstić information content (AvgIpc) is 2.60. The lowest BCUT2D eigenvalue weighted by Crippen LogP contribution is -2.08. The van der Waals surface area contributed by atoms with Crippen LogP contribution in [0.1, 0.15) is 18.3 Å². The van der Waals surface area contributed by atoms with Gasteiger partial charge in [0, 0.05) is 6.42 Å². The van der Waals surface area contributed by atoms with Gasteiger partial charge >= 0.3 is 6.18 Å². The number of nitrogens with zero attached hydrogens (tertiary/aromatic N) is 3. The predicted octanol–water partition coefficient (Wildman–Crippen LogP) is 2.96.